The van der Waals surface area contributed by atoms with Crippen LogP contribution in [0.25, 0.3) is 11.3 Å². The van der Waals surface area contributed by atoms with Crippen LogP contribution in [0, 0.1) is 12.8 Å². The van der Waals surface area contributed by atoms with E-state index < -0.39 is 0 Å². The molecule has 1 atom stereocenters. The first-order valence-electron chi connectivity index (χ1n) is 7.13. The number of aromatic nitrogens is 1. The second kappa shape index (κ2) is 7.33. The molecular formula is C16H21N3OS. The van der Waals surface area contributed by atoms with Gasteiger partial charge in [0.05, 0.1) is 10.7 Å². The van der Waals surface area contributed by atoms with Gasteiger partial charge in [0.15, 0.2) is 0 Å². The molecule has 1 unspecified atom stereocenters. The van der Waals surface area contributed by atoms with Crippen molar-refractivity contribution in [3.63, 3.8) is 0 Å². The van der Waals surface area contributed by atoms with E-state index in [4.69, 9.17) is 5.73 Å². The average molecular weight is 303 g/mol. The molecule has 0 aliphatic carbocycles. The van der Waals surface area contributed by atoms with Crippen molar-refractivity contribution in [1.29, 1.82) is 0 Å². The van der Waals surface area contributed by atoms with Crippen LogP contribution in [0.2, 0.25) is 0 Å². The summed E-state index contributed by atoms with van der Waals surface area (Å²) in [6.45, 7) is 4.54. The number of benzene rings is 1. The van der Waals surface area contributed by atoms with Gasteiger partial charge >= 0.3 is 0 Å². The van der Waals surface area contributed by atoms with Gasteiger partial charge in [0.1, 0.15) is 0 Å². The number of nitrogens with zero attached hydrogens (tertiary/aromatic N) is 1. The van der Waals surface area contributed by atoms with Crippen molar-refractivity contribution in [3.05, 3.63) is 34.7 Å². The van der Waals surface area contributed by atoms with Gasteiger partial charge in [-0.05, 0) is 38.4 Å². The van der Waals surface area contributed by atoms with Crippen LogP contribution in [0.1, 0.15) is 24.8 Å². The van der Waals surface area contributed by atoms with E-state index in [2.05, 4.69) is 10.3 Å². The Kier molecular flexibility index (Phi) is 5.47. The van der Waals surface area contributed by atoms with E-state index in [0.29, 0.717) is 6.54 Å². The topological polar surface area (TPSA) is 68.0 Å². The van der Waals surface area contributed by atoms with Crippen molar-refractivity contribution in [1.82, 2.24) is 4.98 Å². The number of amides is 1. The van der Waals surface area contributed by atoms with E-state index in [1.54, 1.807) is 11.3 Å². The summed E-state index contributed by atoms with van der Waals surface area (Å²) in [6.07, 6.45) is 1.69. The third kappa shape index (κ3) is 4.37. The molecule has 0 saturated carbocycles. The van der Waals surface area contributed by atoms with E-state index in [0.717, 1.165) is 34.8 Å². The summed E-state index contributed by atoms with van der Waals surface area (Å²) >= 11 is 1.63. The first-order chi connectivity index (χ1) is 10.1. The summed E-state index contributed by atoms with van der Waals surface area (Å²) in [5.41, 5.74) is 8.32. The number of carbonyl (C=O) groups is 1. The zero-order chi connectivity index (χ0) is 15.2. The van der Waals surface area contributed by atoms with Gasteiger partial charge in [-0.15, -0.1) is 11.3 Å². The Morgan fingerprint density at radius 2 is 2.10 bits per heavy atom. The minimum Gasteiger partial charge on any atom is -0.330 e. The lowest BCUT2D eigenvalue weighted by molar-refractivity contribution is -0.119. The van der Waals surface area contributed by atoms with Crippen LogP contribution in [0.3, 0.4) is 0 Å². The molecule has 0 radical (unpaired) electrons. The number of thiazole rings is 1. The zero-order valence-electron chi connectivity index (χ0n) is 12.4. The molecule has 0 saturated heterocycles. The zero-order valence-corrected chi connectivity index (χ0v) is 13.2. The molecule has 1 aromatic carbocycles. The highest BCUT2D eigenvalue weighted by molar-refractivity contribution is 7.09. The lowest BCUT2D eigenvalue weighted by atomic mass is 10.0. The Morgan fingerprint density at radius 3 is 2.67 bits per heavy atom. The van der Waals surface area contributed by atoms with Gasteiger partial charge in [0, 0.05) is 22.5 Å². The SMILES string of the molecule is Cc1nc(-c2ccc(NC(=O)C(C)CCCN)cc2)cs1. The van der Waals surface area contributed by atoms with Crippen molar-refractivity contribution in [2.45, 2.75) is 26.7 Å². The van der Waals surface area contributed by atoms with Gasteiger partial charge in [0.25, 0.3) is 0 Å². The maximum atomic E-state index is 12.0. The van der Waals surface area contributed by atoms with Crippen molar-refractivity contribution in [2.24, 2.45) is 11.7 Å². The quantitative estimate of drug-likeness (QED) is 0.859. The molecule has 2 aromatic rings. The molecule has 0 fully saturated rings. The van der Waals surface area contributed by atoms with Gasteiger partial charge in [0.2, 0.25) is 5.91 Å². The minimum absolute atomic E-state index is 0.0191. The van der Waals surface area contributed by atoms with Gasteiger partial charge in [-0.2, -0.15) is 0 Å². The second-order valence-corrected chi connectivity index (χ2v) is 6.21. The molecule has 0 aliphatic heterocycles. The second-order valence-electron chi connectivity index (χ2n) is 5.15. The molecule has 21 heavy (non-hydrogen) atoms. The largest absolute Gasteiger partial charge is 0.330 e. The van der Waals surface area contributed by atoms with E-state index >= 15 is 0 Å². The Labute approximate surface area is 129 Å². The van der Waals surface area contributed by atoms with Gasteiger partial charge in [-0.3, -0.25) is 4.79 Å². The summed E-state index contributed by atoms with van der Waals surface area (Å²) in [5, 5.41) is 6.03. The Balaban J connectivity index is 1.97. The van der Waals surface area contributed by atoms with Gasteiger partial charge < -0.3 is 11.1 Å². The van der Waals surface area contributed by atoms with Crippen LogP contribution in [-0.4, -0.2) is 17.4 Å². The molecule has 1 amide bonds. The molecular weight excluding hydrogens is 282 g/mol. The fourth-order valence-corrected chi connectivity index (χ4v) is 2.66. The average Bonchev–Trinajstić information content (AvgIpc) is 2.92. The highest BCUT2D eigenvalue weighted by atomic mass is 32.1. The number of aryl methyl sites for hydroxylation is 1. The molecule has 0 bridgehead atoms. The van der Waals surface area contributed by atoms with Crippen LogP contribution in [0.15, 0.2) is 29.6 Å². The minimum atomic E-state index is -0.0191. The maximum absolute atomic E-state index is 12.0. The normalized spacial score (nSPS) is 12.1. The van der Waals surface area contributed by atoms with E-state index in [-0.39, 0.29) is 11.8 Å². The summed E-state index contributed by atoms with van der Waals surface area (Å²) in [5.74, 6) is 0.0233. The molecule has 3 N–H and O–H groups in total. The first-order valence-corrected chi connectivity index (χ1v) is 8.01. The monoisotopic (exact) mass is 303 g/mol. The van der Waals surface area contributed by atoms with Gasteiger partial charge in [-0.25, -0.2) is 4.98 Å². The molecule has 112 valence electrons. The smallest absolute Gasteiger partial charge is 0.227 e. The van der Waals surface area contributed by atoms with Crippen LogP contribution >= 0.6 is 11.3 Å². The van der Waals surface area contributed by atoms with Crippen LogP contribution < -0.4 is 11.1 Å². The molecule has 1 heterocycles. The molecule has 0 spiro atoms. The number of carbonyl (C=O) groups excluding carboxylic acids is 1. The number of hydrogen-bond donors (Lipinski definition) is 2. The van der Waals surface area contributed by atoms with E-state index in [9.17, 15) is 4.79 Å². The predicted octanol–water partition coefficient (Wildman–Crippen LogP) is 3.43. The number of nitrogens with two attached hydrogens (primary N) is 1. The molecule has 0 aliphatic rings. The number of hydrogen-bond acceptors (Lipinski definition) is 4. The lowest BCUT2D eigenvalue weighted by Crippen LogP contribution is -2.21. The Bertz CT molecular complexity index is 592. The van der Waals surface area contributed by atoms with Crippen molar-refractivity contribution in [2.75, 3.05) is 11.9 Å². The van der Waals surface area contributed by atoms with Crippen LogP contribution in [-0.2, 0) is 4.79 Å². The van der Waals surface area contributed by atoms with E-state index in [1.807, 2.05) is 43.5 Å². The molecule has 5 heteroatoms. The Morgan fingerprint density at radius 1 is 1.38 bits per heavy atom. The molecule has 2 rings (SSSR count). The van der Waals surface area contributed by atoms with Crippen LogP contribution in [0.5, 0.6) is 0 Å². The van der Waals surface area contributed by atoms with Crippen LogP contribution in [0.4, 0.5) is 5.69 Å². The number of nitrogens with one attached hydrogen (secondary N) is 1. The molecule has 4 nitrogen and oxygen atoms in total. The van der Waals surface area contributed by atoms with Crippen molar-refractivity contribution >= 4 is 22.9 Å². The molecule has 1 aromatic heterocycles. The Hall–Kier alpha value is -1.72. The predicted molar refractivity (Wildman–Crippen MR) is 88.4 cm³/mol. The third-order valence-electron chi connectivity index (χ3n) is 3.36. The van der Waals surface area contributed by atoms with Crippen molar-refractivity contribution in [3.8, 4) is 11.3 Å². The maximum Gasteiger partial charge on any atom is 0.227 e. The summed E-state index contributed by atoms with van der Waals surface area (Å²) in [7, 11) is 0. The summed E-state index contributed by atoms with van der Waals surface area (Å²) < 4.78 is 0. The van der Waals surface area contributed by atoms with E-state index in [1.165, 1.54) is 0 Å². The lowest BCUT2D eigenvalue weighted by Gasteiger charge is -2.11. The first kappa shape index (κ1) is 15.7. The summed E-state index contributed by atoms with van der Waals surface area (Å²) in [4.78, 5) is 16.5. The standard InChI is InChI=1S/C16H21N3OS/c1-11(4-3-9-17)16(20)19-14-7-5-13(6-8-14)15-10-21-12(2)18-15/h5-8,10-11H,3-4,9,17H2,1-2H3,(H,19,20). The summed E-state index contributed by atoms with van der Waals surface area (Å²) in [6, 6.07) is 7.79. The van der Waals surface area contributed by atoms with Gasteiger partial charge in [-0.1, -0.05) is 19.1 Å². The fourth-order valence-electron chi connectivity index (χ4n) is 2.04. The number of rotatable bonds is 6. The fraction of sp³-hybridized carbons (Fsp3) is 0.375. The number of anilines is 1. The highest BCUT2D eigenvalue weighted by Crippen LogP contribution is 2.23. The third-order valence-corrected chi connectivity index (χ3v) is 4.13. The highest BCUT2D eigenvalue weighted by Gasteiger charge is 2.12. The van der Waals surface area contributed by atoms with Crippen molar-refractivity contribution < 1.29 is 4.79 Å².